The van der Waals surface area contributed by atoms with Crippen molar-refractivity contribution in [1.29, 1.82) is 0 Å². The summed E-state index contributed by atoms with van der Waals surface area (Å²) in [7, 11) is 0. The van der Waals surface area contributed by atoms with E-state index in [0.717, 1.165) is 28.7 Å². The van der Waals surface area contributed by atoms with Gasteiger partial charge in [0, 0.05) is 5.75 Å². The summed E-state index contributed by atoms with van der Waals surface area (Å²) in [6, 6.07) is 0. The molecule has 19 heavy (non-hydrogen) atoms. The first-order chi connectivity index (χ1) is 9.20. The molecule has 5 rings (SSSR count). The van der Waals surface area contributed by atoms with Gasteiger partial charge in [-0.05, 0) is 68.0 Å². The van der Waals surface area contributed by atoms with Crippen LogP contribution >= 0.6 is 11.8 Å². The maximum absolute atomic E-state index is 6.31. The highest BCUT2D eigenvalue weighted by Gasteiger charge is 2.55. The summed E-state index contributed by atoms with van der Waals surface area (Å²) in [5.74, 6) is 11.4. The van der Waals surface area contributed by atoms with Crippen LogP contribution in [0.5, 0.6) is 0 Å². The summed E-state index contributed by atoms with van der Waals surface area (Å²) in [6.07, 6.45) is 8.38. The van der Waals surface area contributed by atoms with Gasteiger partial charge in [0.2, 0.25) is 0 Å². The van der Waals surface area contributed by atoms with Gasteiger partial charge in [0.05, 0.1) is 10.5 Å². The van der Waals surface area contributed by atoms with Crippen molar-refractivity contribution in [3.05, 3.63) is 5.82 Å². The molecule has 1 heterocycles. The molecule has 0 atom stereocenters. The largest absolute Gasteiger partial charge is 0.358 e. The van der Waals surface area contributed by atoms with Crippen LogP contribution in [-0.2, 0) is 5.41 Å². The van der Waals surface area contributed by atoms with E-state index in [1.54, 1.807) is 11.8 Å². The van der Waals surface area contributed by atoms with Gasteiger partial charge < -0.3 is 0 Å². The Bertz CT molecular complexity index is 460. The zero-order valence-electron chi connectivity index (χ0n) is 11.6. The lowest BCUT2D eigenvalue weighted by atomic mass is 9.49. The highest BCUT2D eigenvalue weighted by molar-refractivity contribution is 7.99. The van der Waals surface area contributed by atoms with Crippen LogP contribution in [0.3, 0.4) is 0 Å². The summed E-state index contributed by atoms with van der Waals surface area (Å²) < 4.78 is 1.85. The first-order valence-corrected chi connectivity index (χ1v) is 8.57. The minimum atomic E-state index is 0.309. The average Bonchev–Trinajstić information content (AvgIpc) is 2.70. The van der Waals surface area contributed by atoms with Gasteiger partial charge in [-0.15, -0.1) is 9.77 Å². The number of H-pyrrole nitrogens is 1. The number of hydrogen-bond acceptors (Lipinski definition) is 3. The number of thioether (sulfide) groups is 1. The monoisotopic (exact) mass is 279 g/mol. The van der Waals surface area contributed by atoms with Gasteiger partial charge in [0.1, 0.15) is 0 Å². The standard InChI is InChI=1S/C14H22N4S/c1-2-19-13-17-16-12(18(13)15)14-6-9-3-10(7-14)5-11(4-9)8-14/h9-11H,2-8,15H2,1H3/p+1. The fourth-order valence-corrected chi connectivity index (χ4v) is 5.91. The summed E-state index contributed by atoms with van der Waals surface area (Å²) in [6.45, 7) is 2.14. The van der Waals surface area contributed by atoms with E-state index in [1.165, 1.54) is 44.3 Å². The van der Waals surface area contributed by atoms with Crippen LogP contribution in [0.4, 0.5) is 0 Å². The van der Waals surface area contributed by atoms with Crippen LogP contribution in [0, 0.1) is 17.8 Å². The molecule has 0 unspecified atom stereocenters. The van der Waals surface area contributed by atoms with Crippen LogP contribution in [0.25, 0.3) is 0 Å². The maximum Gasteiger partial charge on any atom is 0.358 e. The summed E-state index contributed by atoms with van der Waals surface area (Å²) in [5, 5.41) is 8.66. The van der Waals surface area contributed by atoms with Crippen molar-refractivity contribution in [2.75, 3.05) is 11.6 Å². The topological polar surface area (TPSA) is 58.6 Å². The molecule has 0 radical (unpaired) electrons. The van der Waals surface area contributed by atoms with Crippen molar-refractivity contribution in [2.24, 2.45) is 17.8 Å². The van der Waals surface area contributed by atoms with Crippen molar-refractivity contribution in [1.82, 2.24) is 10.2 Å². The normalized spacial score (nSPS) is 39.9. The molecule has 5 heteroatoms. The molecule has 0 saturated heterocycles. The number of nitrogens with two attached hydrogens (primary N) is 1. The number of aromatic amines is 1. The van der Waals surface area contributed by atoms with E-state index in [-0.39, 0.29) is 0 Å². The Labute approximate surface area is 118 Å². The SMILES string of the molecule is CCSc1n[nH]c(C23CC4CC(CC(C4)C2)C3)[n+]1N. The van der Waals surface area contributed by atoms with Gasteiger partial charge in [-0.25, -0.2) is 0 Å². The van der Waals surface area contributed by atoms with Gasteiger partial charge in [0.15, 0.2) is 0 Å². The molecule has 4 aliphatic rings. The van der Waals surface area contributed by atoms with Crippen molar-refractivity contribution in [2.45, 2.75) is 56.0 Å². The fraction of sp³-hybridized carbons (Fsp3) is 0.857. The summed E-state index contributed by atoms with van der Waals surface area (Å²) in [5.41, 5.74) is 0.309. The average molecular weight is 279 g/mol. The second-order valence-corrected chi connectivity index (χ2v) is 8.09. The first-order valence-electron chi connectivity index (χ1n) is 7.59. The van der Waals surface area contributed by atoms with Gasteiger partial charge in [-0.2, -0.15) is 0 Å². The van der Waals surface area contributed by atoms with Crippen molar-refractivity contribution in [3.8, 4) is 0 Å². The van der Waals surface area contributed by atoms with E-state index in [0.29, 0.717) is 5.41 Å². The second kappa shape index (κ2) is 4.14. The molecule has 0 spiro atoms. The Kier molecular flexibility index (Phi) is 2.63. The van der Waals surface area contributed by atoms with Crippen molar-refractivity contribution < 1.29 is 4.68 Å². The molecular weight excluding hydrogens is 256 g/mol. The molecule has 1 aromatic rings. The third-order valence-corrected chi connectivity index (χ3v) is 6.35. The Morgan fingerprint density at radius 3 is 2.37 bits per heavy atom. The molecule has 4 aliphatic carbocycles. The van der Waals surface area contributed by atoms with E-state index in [1.807, 2.05) is 4.68 Å². The zero-order chi connectivity index (χ0) is 13.0. The fourth-order valence-electron chi connectivity index (χ4n) is 5.31. The predicted molar refractivity (Wildman–Crippen MR) is 75.2 cm³/mol. The molecule has 0 aromatic carbocycles. The van der Waals surface area contributed by atoms with Gasteiger partial charge in [0.25, 0.3) is 5.82 Å². The Balaban J connectivity index is 1.71. The molecule has 0 aliphatic heterocycles. The van der Waals surface area contributed by atoms with Crippen LogP contribution in [0.1, 0.15) is 51.3 Å². The zero-order valence-corrected chi connectivity index (χ0v) is 12.4. The smallest absolute Gasteiger partial charge is 0.288 e. The predicted octanol–water partition coefficient (Wildman–Crippen LogP) is 1.99. The number of hydrogen-bond donors (Lipinski definition) is 2. The highest BCUT2D eigenvalue weighted by atomic mass is 32.2. The molecule has 104 valence electrons. The second-order valence-electron chi connectivity index (χ2n) is 6.86. The van der Waals surface area contributed by atoms with Crippen molar-refractivity contribution in [3.63, 3.8) is 0 Å². The number of nitrogens with one attached hydrogen (secondary N) is 1. The third kappa shape index (κ3) is 1.73. The molecule has 1 aromatic heterocycles. The quantitative estimate of drug-likeness (QED) is 0.505. The minimum Gasteiger partial charge on any atom is -0.288 e. The number of aromatic nitrogens is 3. The van der Waals surface area contributed by atoms with Gasteiger partial charge >= 0.3 is 5.16 Å². The Morgan fingerprint density at radius 1 is 1.26 bits per heavy atom. The summed E-state index contributed by atoms with van der Waals surface area (Å²) in [4.78, 5) is 0. The highest BCUT2D eigenvalue weighted by Crippen LogP contribution is 2.59. The van der Waals surface area contributed by atoms with Crippen LogP contribution in [-0.4, -0.2) is 16.0 Å². The molecule has 4 bridgehead atoms. The van der Waals surface area contributed by atoms with Gasteiger partial charge in [-0.1, -0.05) is 6.92 Å². The number of nitrogens with zero attached hydrogens (tertiary/aromatic N) is 2. The lowest BCUT2D eigenvalue weighted by molar-refractivity contribution is -0.690. The van der Waals surface area contributed by atoms with Crippen LogP contribution in [0.2, 0.25) is 0 Å². The molecular formula is C14H23N4S+. The van der Waals surface area contributed by atoms with E-state index < -0.39 is 0 Å². The maximum atomic E-state index is 6.31. The van der Waals surface area contributed by atoms with Crippen LogP contribution in [0.15, 0.2) is 5.16 Å². The van der Waals surface area contributed by atoms with Crippen molar-refractivity contribution >= 4 is 11.8 Å². The van der Waals surface area contributed by atoms with E-state index in [4.69, 9.17) is 5.84 Å². The molecule has 4 saturated carbocycles. The lowest BCUT2D eigenvalue weighted by Crippen LogP contribution is -2.58. The first kappa shape index (κ1) is 12.1. The molecule has 4 nitrogen and oxygen atoms in total. The third-order valence-electron chi connectivity index (χ3n) is 5.52. The minimum absolute atomic E-state index is 0.309. The molecule has 4 fully saturated rings. The van der Waals surface area contributed by atoms with Crippen LogP contribution < -0.4 is 10.5 Å². The molecule has 3 N–H and O–H groups in total. The van der Waals surface area contributed by atoms with E-state index in [2.05, 4.69) is 17.1 Å². The summed E-state index contributed by atoms with van der Waals surface area (Å²) >= 11 is 1.72. The molecule has 0 amide bonds. The number of nitrogen functional groups attached to an aromatic ring is 1. The number of rotatable bonds is 3. The van der Waals surface area contributed by atoms with E-state index >= 15 is 0 Å². The van der Waals surface area contributed by atoms with Gasteiger partial charge in [-0.3, -0.25) is 5.84 Å². The van der Waals surface area contributed by atoms with E-state index in [9.17, 15) is 0 Å². The Morgan fingerprint density at radius 2 is 1.84 bits per heavy atom. The Hall–Kier alpha value is -0.710. The lowest BCUT2D eigenvalue weighted by Gasteiger charge is -2.54.